The molecular weight excluding hydrogens is 220 g/mol. The van der Waals surface area contributed by atoms with Crippen LogP contribution in [-0.2, 0) is 4.74 Å². The average molecular weight is 236 g/mol. The molecule has 0 radical (unpaired) electrons. The first kappa shape index (κ1) is 11.9. The van der Waals surface area contributed by atoms with Crippen molar-refractivity contribution in [3.05, 3.63) is 24.0 Å². The molecule has 5 nitrogen and oxygen atoms in total. The Morgan fingerprint density at radius 2 is 2.53 bits per heavy atom. The van der Waals surface area contributed by atoms with Crippen molar-refractivity contribution < 1.29 is 14.6 Å². The number of nitrogens with zero attached hydrogens (tertiary/aromatic N) is 1. The first-order valence-corrected chi connectivity index (χ1v) is 5.71. The zero-order chi connectivity index (χ0) is 12.3. The number of carbonyl (C=O) groups is 1. The zero-order valence-electron chi connectivity index (χ0n) is 9.72. The van der Waals surface area contributed by atoms with Gasteiger partial charge in [0.15, 0.2) is 5.69 Å². The predicted octanol–water partition coefficient (Wildman–Crippen LogP) is 1.62. The second-order valence-corrected chi connectivity index (χ2v) is 4.26. The molecule has 2 heterocycles. The number of rotatable bonds is 4. The molecule has 0 aromatic carbocycles. The van der Waals surface area contributed by atoms with Crippen LogP contribution in [-0.4, -0.2) is 35.3 Å². The van der Waals surface area contributed by atoms with Crippen LogP contribution < -0.4 is 5.32 Å². The fourth-order valence-corrected chi connectivity index (χ4v) is 2.00. The van der Waals surface area contributed by atoms with E-state index in [0.29, 0.717) is 11.6 Å². The fraction of sp³-hybridized carbons (Fsp3) is 0.500. The normalized spacial score (nSPS) is 21.1. The van der Waals surface area contributed by atoms with Crippen LogP contribution in [0.5, 0.6) is 0 Å². The molecule has 2 rings (SSSR count). The molecule has 2 atom stereocenters. The van der Waals surface area contributed by atoms with E-state index < -0.39 is 5.97 Å². The Kier molecular flexibility index (Phi) is 3.58. The van der Waals surface area contributed by atoms with E-state index in [2.05, 4.69) is 10.3 Å². The summed E-state index contributed by atoms with van der Waals surface area (Å²) in [6, 6.07) is 3.65. The number of carboxylic acids is 1. The van der Waals surface area contributed by atoms with Crippen molar-refractivity contribution in [1.29, 1.82) is 0 Å². The predicted molar refractivity (Wildman–Crippen MR) is 63.2 cm³/mol. The second kappa shape index (κ2) is 5.14. The number of anilines is 1. The summed E-state index contributed by atoms with van der Waals surface area (Å²) in [4.78, 5) is 14.9. The number of pyridine rings is 1. The van der Waals surface area contributed by atoms with Gasteiger partial charge in [-0.3, -0.25) is 0 Å². The van der Waals surface area contributed by atoms with E-state index in [1.165, 1.54) is 6.20 Å². The van der Waals surface area contributed by atoms with Gasteiger partial charge >= 0.3 is 5.97 Å². The highest BCUT2D eigenvalue weighted by Crippen LogP contribution is 2.21. The van der Waals surface area contributed by atoms with Crippen molar-refractivity contribution >= 4 is 11.7 Å². The lowest BCUT2D eigenvalue weighted by molar-refractivity contribution is 0.0691. The molecule has 0 spiro atoms. The molecule has 1 aliphatic heterocycles. The maximum absolute atomic E-state index is 11.0. The monoisotopic (exact) mass is 236 g/mol. The fourth-order valence-electron chi connectivity index (χ4n) is 2.00. The van der Waals surface area contributed by atoms with Gasteiger partial charge in [-0.1, -0.05) is 0 Å². The van der Waals surface area contributed by atoms with Crippen LogP contribution in [0.3, 0.4) is 0 Å². The van der Waals surface area contributed by atoms with Crippen LogP contribution in [0.15, 0.2) is 18.3 Å². The Morgan fingerprint density at radius 3 is 3.18 bits per heavy atom. The Bertz CT molecular complexity index is 402. The second-order valence-electron chi connectivity index (χ2n) is 4.26. The quantitative estimate of drug-likeness (QED) is 0.831. The third-order valence-corrected chi connectivity index (χ3v) is 3.07. The minimum atomic E-state index is -1.01. The summed E-state index contributed by atoms with van der Waals surface area (Å²) < 4.78 is 5.32. The van der Waals surface area contributed by atoms with Crippen molar-refractivity contribution in [3.8, 4) is 0 Å². The van der Waals surface area contributed by atoms with Gasteiger partial charge in [-0.05, 0) is 25.5 Å². The Labute approximate surface area is 99.8 Å². The first-order valence-electron chi connectivity index (χ1n) is 5.71. The molecule has 17 heavy (non-hydrogen) atoms. The lowest BCUT2D eigenvalue weighted by atomic mass is 10.0. The first-order chi connectivity index (χ1) is 8.18. The van der Waals surface area contributed by atoms with Crippen LogP contribution >= 0.6 is 0 Å². The Morgan fingerprint density at radius 1 is 1.71 bits per heavy atom. The molecule has 1 fully saturated rings. The minimum Gasteiger partial charge on any atom is -0.476 e. The lowest BCUT2D eigenvalue weighted by Crippen LogP contribution is -2.27. The van der Waals surface area contributed by atoms with E-state index in [0.717, 1.165) is 19.6 Å². The van der Waals surface area contributed by atoms with Gasteiger partial charge in [-0.25, -0.2) is 9.78 Å². The largest absolute Gasteiger partial charge is 0.476 e. The van der Waals surface area contributed by atoms with Crippen molar-refractivity contribution in [2.45, 2.75) is 19.4 Å². The molecule has 0 aliphatic carbocycles. The van der Waals surface area contributed by atoms with Crippen molar-refractivity contribution in [2.75, 3.05) is 18.5 Å². The zero-order valence-corrected chi connectivity index (χ0v) is 9.72. The summed E-state index contributed by atoms with van der Waals surface area (Å²) in [6.45, 7) is 3.56. The van der Waals surface area contributed by atoms with Gasteiger partial charge in [0.2, 0.25) is 0 Å². The molecular formula is C12H16N2O3. The highest BCUT2D eigenvalue weighted by molar-refractivity contribution is 5.91. The number of nitrogens with one attached hydrogen (secondary N) is 1. The standard InChI is InChI=1S/C12H16N2O3/c1-8(9-4-6-17-7-9)14-10-3-2-5-13-11(10)12(15)16/h2-3,5,8-9,14H,4,6-7H2,1H3,(H,15,16). The summed E-state index contributed by atoms with van der Waals surface area (Å²) in [5, 5.41) is 12.2. The Balaban J connectivity index is 2.09. The smallest absolute Gasteiger partial charge is 0.356 e. The van der Waals surface area contributed by atoms with E-state index in [9.17, 15) is 4.79 Å². The topological polar surface area (TPSA) is 71.5 Å². The van der Waals surface area contributed by atoms with Crippen molar-refractivity contribution in [2.24, 2.45) is 5.92 Å². The van der Waals surface area contributed by atoms with Crippen molar-refractivity contribution in [1.82, 2.24) is 4.98 Å². The van der Waals surface area contributed by atoms with E-state index in [1.54, 1.807) is 12.1 Å². The summed E-state index contributed by atoms with van der Waals surface area (Å²) in [5.74, 6) is -0.583. The maximum atomic E-state index is 11.0. The highest BCUT2D eigenvalue weighted by atomic mass is 16.5. The number of ether oxygens (including phenoxy) is 1. The number of hydrogen-bond acceptors (Lipinski definition) is 4. The third-order valence-electron chi connectivity index (χ3n) is 3.07. The maximum Gasteiger partial charge on any atom is 0.356 e. The van der Waals surface area contributed by atoms with Gasteiger partial charge in [-0.2, -0.15) is 0 Å². The van der Waals surface area contributed by atoms with Crippen molar-refractivity contribution in [3.63, 3.8) is 0 Å². The molecule has 0 bridgehead atoms. The van der Waals surface area contributed by atoms with Crippen LogP contribution in [0.25, 0.3) is 0 Å². The molecule has 0 amide bonds. The molecule has 1 aliphatic rings. The SMILES string of the molecule is CC(Nc1cccnc1C(=O)O)C1CCOC1. The van der Waals surface area contributed by atoms with Gasteiger partial charge in [0.05, 0.1) is 12.3 Å². The summed E-state index contributed by atoms with van der Waals surface area (Å²) in [5.41, 5.74) is 0.637. The molecule has 1 aromatic heterocycles. The molecule has 1 saturated heterocycles. The number of carboxylic acid groups (broad SMARTS) is 1. The molecule has 2 N–H and O–H groups in total. The van der Waals surface area contributed by atoms with Crippen LogP contribution in [0.2, 0.25) is 0 Å². The van der Waals surface area contributed by atoms with Crippen LogP contribution in [0, 0.1) is 5.92 Å². The third kappa shape index (κ3) is 2.74. The summed E-state index contributed by atoms with van der Waals surface area (Å²) in [6.07, 6.45) is 2.49. The number of aromatic carboxylic acids is 1. The van der Waals surface area contributed by atoms with Crippen LogP contribution in [0.4, 0.5) is 5.69 Å². The van der Waals surface area contributed by atoms with E-state index in [-0.39, 0.29) is 11.7 Å². The molecule has 1 aromatic rings. The molecule has 0 saturated carbocycles. The Hall–Kier alpha value is -1.62. The lowest BCUT2D eigenvalue weighted by Gasteiger charge is -2.21. The average Bonchev–Trinajstić information content (AvgIpc) is 2.83. The number of hydrogen-bond donors (Lipinski definition) is 2. The summed E-state index contributed by atoms with van der Waals surface area (Å²) >= 11 is 0. The van der Waals surface area contributed by atoms with Gasteiger partial charge in [-0.15, -0.1) is 0 Å². The molecule has 2 unspecified atom stereocenters. The van der Waals surface area contributed by atoms with E-state index in [4.69, 9.17) is 9.84 Å². The number of aromatic nitrogens is 1. The van der Waals surface area contributed by atoms with Gasteiger partial charge < -0.3 is 15.2 Å². The van der Waals surface area contributed by atoms with Gasteiger partial charge in [0, 0.05) is 24.8 Å². The van der Waals surface area contributed by atoms with E-state index >= 15 is 0 Å². The van der Waals surface area contributed by atoms with Gasteiger partial charge in [0.25, 0.3) is 0 Å². The van der Waals surface area contributed by atoms with Gasteiger partial charge in [0.1, 0.15) is 0 Å². The minimum absolute atomic E-state index is 0.0678. The summed E-state index contributed by atoms with van der Waals surface area (Å²) in [7, 11) is 0. The highest BCUT2D eigenvalue weighted by Gasteiger charge is 2.23. The van der Waals surface area contributed by atoms with Crippen LogP contribution in [0.1, 0.15) is 23.8 Å². The molecule has 5 heteroatoms. The molecule has 92 valence electrons. The van der Waals surface area contributed by atoms with E-state index in [1.807, 2.05) is 6.92 Å².